The summed E-state index contributed by atoms with van der Waals surface area (Å²) in [5, 5.41) is 3.38. The molecule has 1 atom stereocenters. The number of carbonyl (C=O) groups is 1. The van der Waals surface area contributed by atoms with Crippen LogP contribution in [0.4, 0.5) is 10.2 Å². The van der Waals surface area contributed by atoms with E-state index in [9.17, 15) is 9.18 Å². The molecule has 2 aliphatic rings. The number of benzene rings is 2. The summed E-state index contributed by atoms with van der Waals surface area (Å²) in [6, 6.07) is 14.6. The van der Waals surface area contributed by atoms with Crippen LogP contribution in [0.3, 0.4) is 0 Å². The molecule has 200 valence electrons. The number of nitrogens with one attached hydrogen (secondary N) is 1. The highest BCUT2D eigenvalue weighted by molar-refractivity contribution is 5.95. The van der Waals surface area contributed by atoms with E-state index in [1.54, 1.807) is 19.4 Å². The van der Waals surface area contributed by atoms with Crippen molar-refractivity contribution in [2.75, 3.05) is 72.3 Å². The quantitative estimate of drug-likeness (QED) is 0.484. The molecule has 38 heavy (non-hydrogen) atoms. The van der Waals surface area contributed by atoms with Gasteiger partial charge in [-0.25, -0.2) is 9.37 Å². The first-order valence-corrected chi connectivity index (χ1v) is 13.3. The number of carbonyl (C=O) groups excluding carboxylic acids is 1. The minimum Gasteiger partial charge on any atom is -0.496 e. The molecule has 7 nitrogen and oxygen atoms in total. The maximum Gasteiger partial charge on any atom is 0.254 e. The second kappa shape index (κ2) is 11.5. The Morgan fingerprint density at radius 1 is 1.08 bits per heavy atom. The molecular formula is C30H36FN5O2. The van der Waals surface area contributed by atoms with Crippen molar-refractivity contribution >= 4 is 11.7 Å². The summed E-state index contributed by atoms with van der Waals surface area (Å²) in [5.41, 5.74) is 3.93. The minimum atomic E-state index is -0.423. The highest BCUT2D eigenvalue weighted by Crippen LogP contribution is 2.40. The molecule has 0 aliphatic carbocycles. The van der Waals surface area contributed by atoms with Crippen LogP contribution in [0.2, 0.25) is 0 Å². The van der Waals surface area contributed by atoms with E-state index in [2.05, 4.69) is 46.3 Å². The average Bonchev–Trinajstić information content (AvgIpc) is 3.35. The normalized spacial score (nSPS) is 17.4. The van der Waals surface area contributed by atoms with E-state index in [0.717, 1.165) is 60.9 Å². The largest absolute Gasteiger partial charge is 0.496 e. The number of nitrogens with zero attached hydrogens (tertiary/aromatic N) is 4. The number of ether oxygens (including phenoxy) is 1. The number of fused-ring (bicyclic) bond motifs is 1. The first-order chi connectivity index (χ1) is 18.4. The van der Waals surface area contributed by atoms with Crippen LogP contribution in [-0.2, 0) is 0 Å². The van der Waals surface area contributed by atoms with Crippen molar-refractivity contribution in [2.24, 2.45) is 0 Å². The van der Waals surface area contributed by atoms with E-state index >= 15 is 0 Å². The third-order valence-electron chi connectivity index (χ3n) is 7.50. The molecule has 1 unspecified atom stereocenters. The molecule has 5 rings (SSSR count). The zero-order valence-electron chi connectivity index (χ0n) is 22.4. The Balaban J connectivity index is 1.33. The molecule has 1 aromatic heterocycles. The first-order valence-electron chi connectivity index (χ1n) is 13.3. The van der Waals surface area contributed by atoms with Crippen LogP contribution in [0.5, 0.6) is 5.75 Å². The fourth-order valence-electron chi connectivity index (χ4n) is 5.44. The molecule has 2 aromatic carbocycles. The Labute approximate surface area is 224 Å². The van der Waals surface area contributed by atoms with E-state index in [4.69, 9.17) is 4.74 Å². The fraction of sp³-hybridized carbons (Fsp3) is 0.400. The number of halogens is 1. The molecule has 0 bridgehead atoms. The molecule has 1 N–H and O–H groups in total. The summed E-state index contributed by atoms with van der Waals surface area (Å²) in [7, 11) is 5.84. The van der Waals surface area contributed by atoms with Gasteiger partial charge in [-0.1, -0.05) is 18.2 Å². The van der Waals surface area contributed by atoms with Crippen molar-refractivity contribution in [3.8, 4) is 16.9 Å². The van der Waals surface area contributed by atoms with Gasteiger partial charge in [-0.3, -0.25) is 9.69 Å². The lowest BCUT2D eigenvalue weighted by atomic mass is 9.91. The van der Waals surface area contributed by atoms with Crippen molar-refractivity contribution in [3.05, 3.63) is 77.2 Å². The number of amides is 1. The van der Waals surface area contributed by atoms with Crippen LogP contribution in [-0.4, -0.2) is 92.6 Å². The Kier molecular flexibility index (Phi) is 7.90. The highest BCUT2D eigenvalue weighted by atomic mass is 19.1. The lowest BCUT2D eigenvalue weighted by molar-refractivity contribution is 0.0633. The van der Waals surface area contributed by atoms with Crippen molar-refractivity contribution < 1.29 is 13.9 Å². The topological polar surface area (TPSA) is 60.9 Å². The van der Waals surface area contributed by atoms with Gasteiger partial charge in [0, 0.05) is 67.1 Å². The van der Waals surface area contributed by atoms with Crippen LogP contribution in [0, 0.1) is 5.82 Å². The second-order valence-corrected chi connectivity index (χ2v) is 10.4. The maximum atomic E-state index is 14.8. The van der Waals surface area contributed by atoms with Gasteiger partial charge in [-0.15, -0.1) is 0 Å². The number of hydrogen-bond donors (Lipinski definition) is 1. The lowest BCUT2D eigenvalue weighted by Crippen LogP contribution is -2.49. The number of rotatable bonds is 8. The molecule has 0 radical (unpaired) electrons. The number of aromatic nitrogens is 1. The van der Waals surface area contributed by atoms with E-state index in [1.807, 2.05) is 23.1 Å². The Morgan fingerprint density at radius 2 is 1.87 bits per heavy atom. The molecule has 1 amide bonds. The number of methoxy groups -OCH3 is 1. The zero-order valence-corrected chi connectivity index (χ0v) is 22.4. The smallest absolute Gasteiger partial charge is 0.254 e. The van der Waals surface area contributed by atoms with Gasteiger partial charge >= 0.3 is 0 Å². The van der Waals surface area contributed by atoms with Crippen LogP contribution in [0.1, 0.15) is 33.8 Å². The molecule has 8 heteroatoms. The summed E-state index contributed by atoms with van der Waals surface area (Å²) in [6.45, 7) is 5.78. The molecule has 1 fully saturated rings. The Bertz CT molecular complexity index is 1290. The Hall–Kier alpha value is -3.49. The van der Waals surface area contributed by atoms with Gasteiger partial charge < -0.3 is 19.9 Å². The van der Waals surface area contributed by atoms with Crippen LogP contribution >= 0.6 is 0 Å². The van der Waals surface area contributed by atoms with Crippen LogP contribution < -0.4 is 10.1 Å². The highest BCUT2D eigenvalue weighted by Gasteiger charge is 2.28. The molecule has 0 saturated carbocycles. The van der Waals surface area contributed by atoms with E-state index in [0.29, 0.717) is 30.8 Å². The van der Waals surface area contributed by atoms with Crippen LogP contribution in [0.15, 0.2) is 54.7 Å². The monoisotopic (exact) mass is 517 g/mol. The average molecular weight is 518 g/mol. The van der Waals surface area contributed by atoms with Gasteiger partial charge in [0.15, 0.2) is 0 Å². The number of para-hydroxylation sites is 1. The summed E-state index contributed by atoms with van der Waals surface area (Å²) in [6.07, 6.45) is 2.85. The third kappa shape index (κ3) is 5.66. The van der Waals surface area contributed by atoms with Crippen molar-refractivity contribution in [1.82, 2.24) is 19.7 Å². The predicted molar refractivity (Wildman–Crippen MR) is 148 cm³/mol. The van der Waals surface area contributed by atoms with Gasteiger partial charge in [-0.05, 0) is 69.5 Å². The van der Waals surface area contributed by atoms with Crippen molar-refractivity contribution in [1.29, 1.82) is 0 Å². The summed E-state index contributed by atoms with van der Waals surface area (Å²) < 4.78 is 20.4. The lowest BCUT2D eigenvalue weighted by Gasteiger charge is -2.35. The standard InChI is InChI=1S/C30H36FN5O2/c1-34(2)9-6-10-35-11-13-36(14-12-35)30(37)22-15-21(16-24(31)17-22)23-18-26-27(20-33-29(26)32-19-23)25-7-4-5-8-28(25)38-3/h4-5,7-8,15-19,27H,6,9-14,20H2,1-3H3,(H,32,33). The molecule has 1 saturated heterocycles. The molecule has 3 heterocycles. The maximum absolute atomic E-state index is 14.8. The van der Waals surface area contributed by atoms with Gasteiger partial charge in [0.25, 0.3) is 5.91 Å². The molecule has 3 aromatic rings. The first kappa shape index (κ1) is 26.1. The number of pyridine rings is 1. The Morgan fingerprint density at radius 3 is 2.63 bits per heavy atom. The second-order valence-electron chi connectivity index (χ2n) is 10.4. The predicted octanol–water partition coefficient (Wildman–Crippen LogP) is 4.16. The number of anilines is 1. The third-order valence-corrected chi connectivity index (χ3v) is 7.50. The van der Waals surface area contributed by atoms with Gasteiger partial charge in [0.2, 0.25) is 0 Å². The van der Waals surface area contributed by atoms with Crippen molar-refractivity contribution in [2.45, 2.75) is 12.3 Å². The zero-order chi connectivity index (χ0) is 26.6. The van der Waals surface area contributed by atoms with E-state index in [1.165, 1.54) is 12.1 Å². The van der Waals surface area contributed by atoms with E-state index < -0.39 is 5.82 Å². The molecule has 0 spiro atoms. The SMILES string of the molecule is COc1ccccc1C1CNc2ncc(-c3cc(F)cc(C(=O)N4CCN(CCCN(C)C)CC4)c3)cc21. The fourth-order valence-corrected chi connectivity index (χ4v) is 5.44. The minimum absolute atomic E-state index is 0.0669. The molecular weight excluding hydrogens is 481 g/mol. The van der Waals surface area contributed by atoms with Gasteiger partial charge in [0.05, 0.1) is 7.11 Å². The van der Waals surface area contributed by atoms with E-state index in [-0.39, 0.29) is 11.8 Å². The van der Waals surface area contributed by atoms with Gasteiger partial charge in [-0.2, -0.15) is 0 Å². The summed E-state index contributed by atoms with van der Waals surface area (Å²) >= 11 is 0. The molecule has 2 aliphatic heterocycles. The van der Waals surface area contributed by atoms with Crippen molar-refractivity contribution in [3.63, 3.8) is 0 Å². The van der Waals surface area contributed by atoms with Gasteiger partial charge in [0.1, 0.15) is 17.4 Å². The summed E-state index contributed by atoms with van der Waals surface area (Å²) in [5.74, 6) is 1.17. The number of hydrogen-bond acceptors (Lipinski definition) is 6. The van der Waals surface area contributed by atoms with Crippen LogP contribution in [0.25, 0.3) is 11.1 Å². The summed E-state index contributed by atoms with van der Waals surface area (Å²) in [4.78, 5) is 24.4. The number of piperazine rings is 1.